The largest absolute Gasteiger partial charge is 0.504 e. The number of carbonyl (C=O) groups excluding carboxylic acids is 4. The number of likely N-dealkylation sites (tertiary alicyclic amines) is 1. The molecule has 0 radical (unpaired) electrons. The van der Waals surface area contributed by atoms with Gasteiger partial charge >= 0.3 is 0 Å². The number of nitro benzene ring substituents is 1. The van der Waals surface area contributed by atoms with Crippen molar-refractivity contribution in [2.24, 2.45) is 23.7 Å². The molecule has 222 valence electrons. The van der Waals surface area contributed by atoms with E-state index >= 15 is 0 Å². The standard InChI is InChI=1S/C30H25Cl2N3O8/c1-33-27(39)29(31)14-20-18(21(30(29,32)28(33)40)10-6-15-7-11-22(36)23(12-15)43-2)8-9-19-24(20)26(38)34(25(19)37)16-4-3-5-17(13-16)35(41)42/h3-8,10-13,19-21,24,36H,9,14H2,1-2H3/t19-,20+,21-,24-,29+,30-/m0/s1. The normalized spacial score (nSPS) is 31.7. The summed E-state index contributed by atoms with van der Waals surface area (Å²) in [6.07, 6.45) is 5.09. The van der Waals surface area contributed by atoms with Crippen molar-refractivity contribution in [1.29, 1.82) is 0 Å². The number of allylic oxidation sites excluding steroid dienone is 3. The first-order valence-electron chi connectivity index (χ1n) is 13.4. The van der Waals surface area contributed by atoms with Crippen LogP contribution in [0.25, 0.3) is 6.08 Å². The molecule has 4 aliphatic rings. The summed E-state index contributed by atoms with van der Waals surface area (Å²) in [4.78, 5) is 63.4. The van der Waals surface area contributed by atoms with Crippen molar-refractivity contribution >= 4 is 64.3 Å². The molecule has 6 atom stereocenters. The number of non-ortho nitro benzene ring substituents is 1. The fraction of sp³-hybridized carbons (Fsp3) is 0.333. The van der Waals surface area contributed by atoms with Crippen molar-refractivity contribution in [1.82, 2.24) is 4.90 Å². The number of nitro groups is 1. The minimum atomic E-state index is -1.92. The third-order valence-corrected chi connectivity index (χ3v) is 10.5. The van der Waals surface area contributed by atoms with E-state index in [1.807, 2.05) is 0 Å². The summed E-state index contributed by atoms with van der Waals surface area (Å²) >= 11 is 14.2. The summed E-state index contributed by atoms with van der Waals surface area (Å²) in [5, 5.41) is 21.4. The summed E-state index contributed by atoms with van der Waals surface area (Å²) in [5.74, 6) is -5.69. The average molecular weight is 626 g/mol. The Morgan fingerprint density at radius 1 is 1.07 bits per heavy atom. The number of benzene rings is 2. The lowest BCUT2D eigenvalue weighted by Crippen LogP contribution is -2.60. The van der Waals surface area contributed by atoms with Gasteiger partial charge in [-0.1, -0.05) is 35.9 Å². The van der Waals surface area contributed by atoms with Crippen LogP contribution in [0.3, 0.4) is 0 Å². The van der Waals surface area contributed by atoms with Crippen molar-refractivity contribution < 1.29 is 33.9 Å². The van der Waals surface area contributed by atoms with Gasteiger partial charge in [-0.2, -0.15) is 0 Å². The zero-order valence-electron chi connectivity index (χ0n) is 22.9. The van der Waals surface area contributed by atoms with E-state index < -0.39 is 62.0 Å². The molecule has 0 unspecified atom stereocenters. The maximum Gasteiger partial charge on any atom is 0.271 e. The first-order valence-corrected chi connectivity index (χ1v) is 14.2. The van der Waals surface area contributed by atoms with E-state index in [1.54, 1.807) is 30.4 Å². The van der Waals surface area contributed by atoms with Crippen LogP contribution in [0.2, 0.25) is 0 Å². The van der Waals surface area contributed by atoms with Crippen molar-refractivity contribution in [3.8, 4) is 11.5 Å². The van der Waals surface area contributed by atoms with Crippen LogP contribution in [0.4, 0.5) is 11.4 Å². The molecule has 6 rings (SSSR count). The number of ether oxygens (including phenoxy) is 1. The van der Waals surface area contributed by atoms with Gasteiger partial charge in [-0.25, -0.2) is 4.90 Å². The Balaban J connectivity index is 1.45. The SMILES string of the molecule is COc1cc(C=C[C@H]2C3=CC[C@@H]4C(=O)N(c5cccc([N+](=O)[O-])c5)C(=O)[C@@H]4[C@@H]3C[C@@]3(Cl)C(=O)N(C)C(=O)[C@@]23Cl)ccc1O. The van der Waals surface area contributed by atoms with Crippen LogP contribution < -0.4 is 9.64 Å². The van der Waals surface area contributed by atoms with Crippen molar-refractivity contribution in [2.45, 2.75) is 22.6 Å². The molecule has 4 amide bonds. The summed E-state index contributed by atoms with van der Waals surface area (Å²) in [6, 6.07) is 9.93. The molecular weight excluding hydrogens is 601 g/mol. The minimum Gasteiger partial charge on any atom is -0.504 e. The minimum absolute atomic E-state index is 0.0668. The van der Waals surface area contributed by atoms with Crippen LogP contribution in [0.5, 0.6) is 11.5 Å². The Hall–Kier alpha value is -4.22. The van der Waals surface area contributed by atoms with Crippen LogP contribution in [-0.4, -0.2) is 62.5 Å². The molecule has 43 heavy (non-hydrogen) atoms. The first kappa shape index (κ1) is 28.9. The molecule has 2 aliphatic heterocycles. The third-order valence-electron chi connectivity index (χ3n) is 9.05. The number of phenolic OH excluding ortho intramolecular Hbond substituents is 1. The lowest BCUT2D eigenvalue weighted by atomic mass is 9.57. The van der Waals surface area contributed by atoms with Crippen LogP contribution in [0.1, 0.15) is 18.4 Å². The van der Waals surface area contributed by atoms with E-state index in [0.29, 0.717) is 11.1 Å². The molecule has 2 aromatic rings. The molecule has 0 spiro atoms. The van der Waals surface area contributed by atoms with E-state index in [1.165, 1.54) is 44.5 Å². The van der Waals surface area contributed by atoms with Gasteiger partial charge in [0.2, 0.25) is 11.8 Å². The molecule has 3 fully saturated rings. The van der Waals surface area contributed by atoms with Crippen LogP contribution in [-0.2, 0) is 19.2 Å². The molecule has 0 aromatic heterocycles. The number of carbonyl (C=O) groups is 4. The van der Waals surface area contributed by atoms with Crippen molar-refractivity contribution in [3.63, 3.8) is 0 Å². The highest BCUT2D eigenvalue weighted by Crippen LogP contribution is 2.63. The van der Waals surface area contributed by atoms with Gasteiger partial charge in [0.25, 0.3) is 17.5 Å². The van der Waals surface area contributed by atoms with Gasteiger partial charge in [0, 0.05) is 25.1 Å². The fourth-order valence-electron chi connectivity index (χ4n) is 7.00. The Bertz CT molecular complexity index is 1690. The number of hydrogen-bond donors (Lipinski definition) is 1. The highest BCUT2D eigenvalue weighted by atomic mass is 35.5. The molecule has 2 saturated heterocycles. The van der Waals surface area contributed by atoms with Gasteiger partial charge < -0.3 is 9.84 Å². The number of halogens is 2. The number of phenols is 1. The van der Waals surface area contributed by atoms with Gasteiger partial charge in [-0.3, -0.25) is 34.2 Å². The number of fused-ring (bicyclic) bond motifs is 4. The number of alkyl halides is 2. The monoisotopic (exact) mass is 625 g/mol. The third kappa shape index (κ3) is 3.94. The van der Waals surface area contributed by atoms with Gasteiger partial charge in [0.05, 0.1) is 29.6 Å². The van der Waals surface area contributed by atoms with Crippen LogP contribution in [0, 0.1) is 33.8 Å². The number of methoxy groups -OCH3 is 1. The fourth-order valence-corrected chi connectivity index (χ4v) is 7.97. The van der Waals surface area contributed by atoms with E-state index in [2.05, 4.69) is 0 Å². The molecule has 2 heterocycles. The number of imide groups is 2. The summed E-state index contributed by atoms with van der Waals surface area (Å²) in [5.41, 5.74) is 1.01. The van der Waals surface area contributed by atoms with E-state index in [9.17, 15) is 34.4 Å². The van der Waals surface area contributed by atoms with Crippen molar-refractivity contribution in [3.05, 3.63) is 75.9 Å². The summed E-state index contributed by atoms with van der Waals surface area (Å²) < 4.78 is 5.19. The number of amides is 4. The van der Waals surface area contributed by atoms with Crippen molar-refractivity contribution in [2.75, 3.05) is 19.1 Å². The number of nitrogens with zero attached hydrogens (tertiary/aromatic N) is 3. The second kappa shape index (κ2) is 9.92. The lowest BCUT2D eigenvalue weighted by molar-refractivity contribution is -0.384. The van der Waals surface area contributed by atoms with E-state index in [4.69, 9.17) is 27.9 Å². The second-order valence-electron chi connectivity index (χ2n) is 11.1. The van der Waals surface area contributed by atoms with Gasteiger partial charge in [-0.05, 0) is 42.5 Å². The topological polar surface area (TPSA) is 147 Å². The Morgan fingerprint density at radius 2 is 1.81 bits per heavy atom. The molecule has 13 heteroatoms. The highest BCUT2D eigenvalue weighted by molar-refractivity contribution is 6.53. The summed E-state index contributed by atoms with van der Waals surface area (Å²) in [7, 11) is 2.71. The number of aromatic hydroxyl groups is 1. The smallest absolute Gasteiger partial charge is 0.271 e. The number of rotatable bonds is 5. The highest BCUT2D eigenvalue weighted by Gasteiger charge is 2.75. The van der Waals surface area contributed by atoms with E-state index in [-0.39, 0.29) is 35.7 Å². The Kier molecular flexibility index (Phi) is 6.66. The molecule has 1 N–H and O–H groups in total. The molecule has 11 nitrogen and oxygen atoms in total. The molecule has 1 saturated carbocycles. The number of anilines is 1. The Morgan fingerprint density at radius 3 is 2.51 bits per heavy atom. The van der Waals surface area contributed by atoms with Crippen LogP contribution >= 0.6 is 23.2 Å². The lowest BCUT2D eigenvalue weighted by Gasteiger charge is -2.49. The maximum atomic E-state index is 14.0. The molecular formula is C30H25Cl2N3O8. The maximum absolute atomic E-state index is 14.0. The zero-order chi connectivity index (χ0) is 31.0. The van der Waals surface area contributed by atoms with Crippen LogP contribution in [0.15, 0.2) is 60.2 Å². The number of hydrogen-bond acceptors (Lipinski definition) is 8. The average Bonchev–Trinajstić information content (AvgIpc) is 3.32. The predicted octanol–water partition coefficient (Wildman–Crippen LogP) is 4.05. The first-order chi connectivity index (χ1) is 20.3. The van der Waals surface area contributed by atoms with Gasteiger partial charge in [0.15, 0.2) is 21.2 Å². The Labute approximate surface area is 255 Å². The molecule has 0 bridgehead atoms. The van der Waals surface area contributed by atoms with Gasteiger partial charge in [0.1, 0.15) is 0 Å². The predicted molar refractivity (Wildman–Crippen MR) is 156 cm³/mol. The second-order valence-corrected chi connectivity index (χ2v) is 12.4. The summed E-state index contributed by atoms with van der Waals surface area (Å²) in [6.45, 7) is 0. The molecule has 2 aliphatic carbocycles. The van der Waals surface area contributed by atoms with E-state index in [0.717, 1.165) is 9.80 Å². The molecule has 2 aromatic carbocycles. The zero-order valence-corrected chi connectivity index (χ0v) is 24.4. The quantitative estimate of drug-likeness (QED) is 0.172. The van der Waals surface area contributed by atoms with Gasteiger partial charge in [-0.15, -0.1) is 23.2 Å².